The van der Waals surface area contributed by atoms with Crippen molar-refractivity contribution in [3.05, 3.63) is 73.7 Å². The van der Waals surface area contributed by atoms with Crippen LogP contribution in [0, 0.1) is 0 Å². The molecule has 0 bridgehead atoms. The monoisotopic (exact) mass is 591 g/mol. The Hall–Kier alpha value is -1.76. The Bertz CT molecular complexity index is 1120. The van der Waals surface area contributed by atoms with Gasteiger partial charge in [0, 0.05) is 11.1 Å². The molecule has 0 saturated heterocycles. The van der Waals surface area contributed by atoms with E-state index in [1.54, 1.807) is 5.32 Å². The van der Waals surface area contributed by atoms with Crippen molar-refractivity contribution in [2.75, 3.05) is 6.54 Å². The number of halogens is 13. The lowest BCUT2D eigenvalue weighted by atomic mass is 9.95. The van der Waals surface area contributed by atoms with E-state index < -0.39 is 64.1 Å². The molecule has 1 nitrogen and oxygen atoms in total. The number of thiocarbonyl (C=S) groups is 1. The van der Waals surface area contributed by atoms with Crippen LogP contribution in [0.15, 0.2) is 36.4 Å². The van der Waals surface area contributed by atoms with Gasteiger partial charge in [0.1, 0.15) is 23.3 Å². The lowest BCUT2D eigenvalue weighted by Crippen LogP contribution is -2.34. The van der Waals surface area contributed by atoms with Crippen molar-refractivity contribution in [2.45, 2.75) is 24.4 Å². The molecule has 1 N–H and O–H groups in total. The number of rotatable bonds is 5. The minimum Gasteiger partial charge on any atom is -0.367 e. The number of hydrogen-bond donors (Lipinski definition) is 1. The molecular weight excluding hydrogens is 583 g/mol. The van der Waals surface area contributed by atoms with Gasteiger partial charge in [0.2, 0.25) is 0 Å². The molecule has 0 radical (unpaired) electrons. The molecule has 35 heavy (non-hydrogen) atoms. The summed E-state index contributed by atoms with van der Waals surface area (Å²) in [4.78, 5) is -0.941. The van der Waals surface area contributed by atoms with Gasteiger partial charge in [-0.1, -0.05) is 59.2 Å². The van der Waals surface area contributed by atoms with Gasteiger partial charge in [0.05, 0.1) is 20.6 Å². The fourth-order valence-corrected chi connectivity index (χ4v) is 3.64. The Morgan fingerprint density at radius 2 is 1.46 bits per heavy atom. The third kappa shape index (κ3) is 7.86. The van der Waals surface area contributed by atoms with Crippen LogP contribution in [-0.4, -0.2) is 23.9 Å². The highest BCUT2D eigenvalue weighted by Crippen LogP contribution is 2.42. The fourth-order valence-electron chi connectivity index (χ4n) is 2.78. The Morgan fingerprint density at radius 3 is 1.91 bits per heavy atom. The third-order valence-electron chi connectivity index (χ3n) is 4.33. The van der Waals surface area contributed by atoms with Gasteiger partial charge in [-0.25, -0.2) is 4.39 Å². The first-order valence-corrected chi connectivity index (χ1v) is 10.5. The highest BCUT2D eigenvalue weighted by molar-refractivity contribution is 7.80. The second kappa shape index (κ2) is 10.7. The van der Waals surface area contributed by atoms with Gasteiger partial charge in [-0.2, -0.15) is 39.5 Å². The number of hydrogen-bond acceptors (Lipinski definition) is 1. The molecule has 0 amide bonds. The quantitative estimate of drug-likeness (QED) is 0.211. The number of alkyl halides is 9. The number of allylic oxidation sites excluding steroid dienone is 1. The van der Waals surface area contributed by atoms with Gasteiger partial charge in [-0.05, 0) is 29.8 Å². The first-order valence-electron chi connectivity index (χ1n) is 8.96. The Balaban J connectivity index is 2.55. The van der Waals surface area contributed by atoms with Crippen LogP contribution in [0.2, 0.25) is 15.1 Å². The average molecular weight is 593 g/mol. The summed E-state index contributed by atoms with van der Waals surface area (Å²) in [6.07, 6.45) is -15.1. The van der Waals surface area contributed by atoms with E-state index in [2.05, 4.69) is 12.2 Å². The maximum Gasteiger partial charge on any atom is 0.417 e. The summed E-state index contributed by atoms with van der Waals surface area (Å²) < 4.78 is 133. The molecule has 0 heterocycles. The second-order valence-electron chi connectivity index (χ2n) is 6.89. The summed E-state index contributed by atoms with van der Waals surface area (Å²) in [6, 6.07) is 2.88. The molecule has 0 saturated carbocycles. The first kappa shape index (κ1) is 29.5. The molecule has 0 aliphatic carbocycles. The summed E-state index contributed by atoms with van der Waals surface area (Å²) in [5.74, 6) is -4.39. The summed E-state index contributed by atoms with van der Waals surface area (Å²) in [5.41, 5.74) is -4.14. The maximum atomic E-state index is 14.8. The molecule has 0 aliphatic heterocycles. The molecule has 0 spiro atoms. The normalized spacial score (nSPS) is 14.1. The van der Waals surface area contributed by atoms with Gasteiger partial charge >= 0.3 is 18.5 Å². The van der Waals surface area contributed by atoms with Gasteiger partial charge in [-0.3, -0.25) is 0 Å². The summed E-state index contributed by atoms with van der Waals surface area (Å²) in [5, 5.41) is 0.593. The van der Waals surface area contributed by atoms with Crippen molar-refractivity contribution in [3.8, 4) is 0 Å². The van der Waals surface area contributed by atoms with E-state index in [1.165, 1.54) is 0 Å². The van der Waals surface area contributed by atoms with Crippen molar-refractivity contribution in [1.29, 1.82) is 0 Å². The Labute approximate surface area is 211 Å². The smallest absolute Gasteiger partial charge is 0.367 e. The first-order chi connectivity index (χ1) is 15.8. The minimum atomic E-state index is -5.23. The van der Waals surface area contributed by atoms with Crippen LogP contribution in [0.1, 0.15) is 28.2 Å². The molecule has 2 aromatic carbocycles. The largest absolute Gasteiger partial charge is 0.417 e. The van der Waals surface area contributed by atoms with Crippen molar-refractivity contribution in [3.63, 3.8) is 0 Å². The zero-order valence-electron chi connectivity index (χ0n) is 16.6. The lowest BCUT2D eigenvalue weighted by Gasteiger charge is -2.19. The molecule has 0 aromatic heterocycles. The topological polar surface area (TPSA) is 12.0 Å². The van der Waals surface area contributed by atoms with Crippen LogP contribution in [0.25, 0.3) is 5.83 Å². The molecule has 1 unspecified atom stereocenters. The van der Waals surface area contributed by atoms with Crippen LogP contribution < -0.4 is 5.32 Å². The second-order valence-corrected chi connectivity index (χ2v) is 8.49. The Kier molecular flexibility index (Phi) is 9.01. The highest BCUT2D eigenvalue weighted by Gasteiger charge is 2.41. The van der Waals surface area contributed by atoms with E-state index in [0.717, 1.165) is 12.1 Å². The van der Waals surface area contributed by atoms with E-state index in [1.807, 2.05) is 0 Å². The van der Waals surface area contributed by atoms with Crippen molar-refractivity contribution < 1.29 is 43.9 Å². The van der Waals surface area contributed by atoms with Gasteiger partial charge in [0.25, 0.3) is 0 Å². The lowest BCUT2D eigenvalue weighted by molar-refractivity contribution is -0.140. The fraction of sp³-hybridized carbons (Fsp3) is 0.250. The van der Waals surface area contributed by atoms with Crippen LogP contribution in [0.4, 0.5) is 43.9 Å². The molecule has 1 atom stereocenters. The molecule has 192 valence electrons. The maximum absolute atomic E-state index is 14.8. The number of benzene rings is 2. The summed E-state index contributed by atoms with van der Waals surface area (Å²) in [6.45, 7) is -1.74. The van der Waals surface area contributed by atoms with Crippen molar-refractivity contribution in [2.24, 2.45) is 0 Å². The van der Waals surface area contributed by atoms with Crippen LogP contribution in [0.5, 0.6) is 0 Å². The van der Waals surface area contributed by atoms with Gasteiger partial charge in [-0.15, -0.1) is 0 Å². The van der Waals surface area contributed by atoms with E-state index in [-0.39, 0.29) is 27.2 Å². The van der Waals surface area contributed by atoms with E-state index >= 15 is 0 Å². The predicted molar refractivity (Wildman–Crippen MR) is 117 cm³/mol. The van der Waals surface area contributed by atoms with Crippen LogP contribution in [0.3, 0.4) is 0 Å². The molecule has 0 fully saturated rings. The summed E-state index contributed by atoms with van der Waals surface area (Å²) >= 11 is 21.7. The molecular formula is C20H10Cl3F10NS. The highest BCUT2D eigenvalue weighted by atomic mass is 35.5. The van der Waals surface area contributed by atoms with Crippen LogP contribution >= 0.6 is 47.0 Å². The molecule has 15 heteroatoms. The van der Waals surface area contributed by atoms with Gasteiger partial charge in [0.15, 0.2) is 0 Å². The van der Waals surface area contributed by atoms with Crippen molar-refractivity contribution in [1.82, 2.24) is 5.32 Å². The van der Waals surface area contributed by atoms with Gasteiger partial charge < -0.3 is 5.32 Å². The number of nitrogens with one attached hydrogen (secondary N) is 1. The van der Waals surface area contributed by atoms with E-state index in [9.17, 15) is 43.9 Å². The molecule has 2 rings (SSSR count). The van der Waals surface area contributed by atoms with E-state index in [4.69, 9.17) is 34.8 Å². The summed E-state index contributed by atoms with van der Waals surface area (Å²) in [7, 11) is 0. The zero-order chi connectivity index (χ0) is 26.9. The average Bonchev–Trinajstić information content (AvgIpc) is 2.71. The standard InChI is InChI=1S/C20H10Cl3F10NS/c21-13-4-9(5-14(22)16(13)23)11(19(28,29)30)6-15(24)8-1-2-10(12(3-8)20(31,32)33)17(35)34-7-18(25,26)27/h1-6,11H,7H2,(H,34,35). The third-order valence-corrected chi connectivity index (χ3v) is 5.89. The van der Waals surface area contributed by atoms with Crippen molar-refractivity contribution >= 4 is 57.8 Å². The molecule has 0 aliphatic rings. The van der Waals surface area contributed by atoms with E-state index in [0.29, 0.717) is 12.1 Å². The predicted octanol–water partition coefficient (Wildman–Crippen LogP) is 9.15. The zero-order valence-corrected chi connectivity index (χ0v) is 19.7. The SMILES string of the molecule is FC(=CC(c1cc(Cl)c(Cl)c(Cl)c1)C(F)(F)F)c1ccc(C(=S)NCC(F)(F)F)c(C(F)(F)F)c1. The Morgan fingerprint density at radius 1 is 0.914 bits per heavy atom. The minimum absolute atomic E-state index is 0.00524. The van der Waals surface area contributed by atoms with Crippen LogP contribution in [-0.2, 0) is 6.18 Å². The molecule has 2 aromatic rings.